The van der Waals surface area contributed by atoms with Crippen LogP contribution in [0, 0.1) is 13.8 Å². The van der Waals surface area contributed by atoms with Crippen molar-refractivity contribution >= 4 is 17.4 Å². The lowest BCUT2D eigenvalue weighted by Crippen LogP contribution is -2.22. The molecule has 0 amide bonds. The Kier molecular flexibility index (Phi) is 4.29. The molecule has 0 fully saturated rings. The van der Waals surface area contributed by atoms with Crippen molar-refractivity contribution in [2.75, 3.05) is 6.54 Å². The number of hydrogen-bond donors (Lipinski definition) is 1. The number of hydrogen-bond acceptors (Lipinski definition) is 3. The third kappa shape index (κ3) is 3.60. The van der Waals surface area contributed by atoms with Gasteiger partial charge in [-0.25, -0.2) is 4.98 Å². The predicted octanol–water partition coefficient (Wildman–Crippen LogP) is 2.77. The molecule has 0 atom stereocenters. The van der Waals surface area contributed by atoms with E-state index in [4.69, 9.17) is 0 Å². The van der Waals surface area contributed by atoms with Crippen molar-refractivity contribution in [1.82, 2.24) is 10.3 Å². The van der Waals surface area contributed by atoms with Gasteiger partial charge >= 0.3 is 0 Å². The molecule has 2 nitrogen and oxygen atoms in total. The predicted molar refractivity (Wildman–Crippen MR) is 63.8 cm³/mol. The summed E-state index contributed by atoms with van der Waals surface area (Å²) in [6.45, 7) is 9.32. The monoisotopic (exact) mass is 210 g/mol. The van der Waals surface area contributed by atoms with Gasteiger partial charge in [0.15, 0.2) is 0 Å². The van der Waals surface area contributed by atoms with E-state index in [1.165, 1.54) is 4.88 Å². The third-order valence-corrected chi connectivity index (χ3v) is 2.89. The van der Waals surface area contributed by atoms with Gasteiger partial charge in [-0.15, -0.1) is 11.3 Å². The lowest BCUT2D eigenvalue weighted by atomic mass is 10.3. The quantitative estimate of drug-likeness (QED) is 0.826. The summed E-state index contributed by atoms with van der Waals surface area (Å²) >= 11 is 1.75. The fourth-order valence-electron chi connectivity index (χ4n) is 1.17. The lowest BCUT2D eigenvalue weighted by Gasteiger charge is -2.02. The number of rotatable bonds is 4. The van der Waals surface area contributed by atoms with Crippen molar-refractivity contribution in [1.29, 1.82) is 0 Å². The van der Waals surface area contributed by atoms with E-state index in [9.17, 15) is 0 Å². The van der Waals surface area contributed by atoms with E-state index in [1.807, 2.05) is 6.92 Å². The average Bonchev–Trinajstić information content (AvgIpc) is 2.39. The Labute approximate surface area is 90.1 Å². The Morgan fingerprint density at radius 3 is 2.64 bits per heavy atom. The largest absolute Gasteiger partial charge is 0.311 e. The number of nitrogens with zero attached hydrogens (tertiary/aromatic N) is 1. The van der Waals surface area contributed by atoms with E-state index >= 15 is 0 Å². The third-order valence-electron chi connectivity index (χ3n) is 1.85. The Hall–Kier alpha value is -0.670. The highest BCUT2D eigenvalue weighted by Crippen LogP contribution is 2.18. The highest BCUT2D eigenvalue weighted by atomic mass is 32.1. The van der Waals surface area contributed by atoms with Gasteiger partial charge in [0.1, 0.15) is 0 Å². The van der Waals surface area contributed by atoms with Crippen LogP contribution < -0.4 is 5.32 Å². The summed E-state index contributed by atoms with van der Waals surface area (Å²) in [7, 11) is 0. The first kappa shape index (κ1) is 11.4. The summed E-state index contributed by atoms with van der Waals surface area (Å²) < 4.78 is 0. The number of thiazole rings is 1. The van der Waals surface area contributed by atoms with Crippen LogP contribution >= 0.6 is 11.3 Å². The first-order chi connectivity index (χ1) is 6.59. The van der Waals surface area contributed by atoms with E-state index in [0.717, 1.165) is 17.2 Å². The molecule has 1 rings (SSSR count). The minimum absolute atomic E-state index is 0.545. The summed E-state index contributed by atoms with van der Waals surface area (Å²) in [5.74, 6) is 0. The van der Waals surface area contributed by atoms with Gasteiger partial charge < -0.3 is 5.32 Å². The molecule has 14 heavy (non-hydrogen) atoms. The Morgan fingerprint density at radius 1 is 1.43 bits per heavy atom. The molecule has 0 unspecified atom stereocenters. The fourth-order valence-corrected chi connectivity index (χ4v) is 2.03. The molecule has 1 heterocycles. The minimum Gasteiger partial charge on any atom is -0.311 e. The van der Waals surface area contributed by atoms with Crippen LogP contribution in [0.3, 0.4) is 0 Å². The number of nitrogens with one attached hydrogen (secondary N) is 1. The van der Waals surface area contributed by atoms with Crippen LogP contribution in [-0.2, 0) is 0 Å². The zero-order chi connectivity index (χ0) is 10.6. The van der Waals surface area contributed by atoms with E-state index in [2.05, 4.69) is 43.2 Å². The molecule has 1 aromatic rings. The Balaban J connectivity index is 2.47. The maximum atomic E-state index is 4.37. The van der Waals surface area contributed by atoms with Crippen LogP contribution in [0.2, 0.25) is 0 Å². The highest BCUT2D eigenvalue weighted by Gasteiger charge is 1.99. The maximum absolute atomic E-state index is 4.37. The summed E-state index contributed by atoms with van der Waals surface area (Å²) in [5, 5.41) is 4.48. The van der Waals surface area contributed by atoms with Crippen molar-refractivity contribution in [3.63, 3.8) is 0 Å². The molecular formula is C11H18N2S. The number of aryl methyl sites for hydroxylation is 2. The van der Waals surface area contributed by atoms with Crippen LogP contribution in [0.25, 0.3) is 6.08 Å². The molecule has 0 spiro atoms. The Morgan fingerprint density at radius 2 is 2.14 bits per heavy atom. The van der Waals surface area contributed by atoms with Crippen molar-refractivity contribution in [3.8, 4) is 0 Å². The van der Waals surface area contributed by atoms with Crippen LogP contribution in [0.1, 0.15) is 29.4 Å². The molecule has 0 aliphatic rings. The second-order valence-electron chi connectivity index (χ2n) is 3.65. The van der Waals surface area contributed by atoms with Gasteiger partial charge in [0.2, 0.25) is 0 Å². The summed E-state index contributed by atoms with van der Waals surface area (Å²) in [5.41, 5.74) is 1.13. The zero-order valence-corrected chi connectivity index (χ0v) is 10.1. The van der Waals surface area contributed by atoms with Crippen LogP contribution in [0.5, 0.6) is 0 Å². The van der Waals surface area contributed by atoms with E-state index in [-0.39, 0.29) is 0 Å². The molecule has 0 saturated heterocycles. The molecular weight excluding hydrogens is 192 g/mol. The van der Waals surface area contributed by atoms with Gasteiger partial charge in [0.05, 0.1) is 10.7 Å². The molecule has 0 saturated carbocycles. The molecule has 0 aromatic carbocycles. The molecule has 0 radical (unpaired) electrons. The fraction of sp³-hybridized carbons (Fsp3) is 0.545. The van der Waals surface area contributed by atoms with Gasteiger partial charge in [-0.05, 0) is 19.9 Å². The molecule has 0 bridgehead atoms. The normalized spacial score (nSPS) is 11.8. The molecule has 1 N–H and O–H groups in total. The number of aromatic nitrogens is 1. The molecule has 0 aliphatic heterocycles. The van der Waals surface area contributed by atoms with E-state index < -0.39 is 0 Å². The Bertz CT molecular complexity index is 313. The van der Waals surface area contributed by atoms with Crippen LogP contribution in [-0.4, -0.2) is 17.6 Å². The first-order valence-electron chi connectivity index (χ1n) is 4.93. The van der Waals surface area contributed by atoms with Crippen LogP contribution in [0.15, 0.2) is 6.08 Å². The average molecular weight is 210 g/mol. The lowest BCUT2D eigenvalue weighted by molar-refractivity contribution is 0.633. The van der Waals surface area contributed by atoms with Gasteiger partial charge in [0.25, 0.3) is 0 Å². The summed E-state index contributed by atoms with van der Waals surface area (Å²) in [6, 6.07) is 0.545. The summed E-state index contributed by atoms with van der Waals surface area (Å²) in [4.78, 5) is 5.64. The van der Waals surface area contributed by atoms with Crippen LogP contribution in [0.4, 0.5) is 0 Å². The SMILES string of the molecule is Cc1nc(C)c(C=CCNC(C)C)s1. The summed E-state index contributed by atoms with van der Waals surface area (Å²) in [6.07, 6.45) is 4.30. The molecule has 3 heteroatoms. The topological polar surface area (TPSA) is 24.9 Å². The van der Waals surface area contributed by atoms with Crippen molar-refractivity contribution < 1.29 is 0 Å². The standard InChI is InChI=1S/C11H18N2S/c1-8(2)12-7-5-6-11-9(3)13-10(4)14-11/h5-6,8,12H,7H2,1-4H3. The van der Waals surface area contributed by atoms with Crippen molar-refractivity contribution in [2.45, 2.75) is 33.7 Å². The second-order valence-corrected chi connectivity index (χ2v) is 4.88. The van der Waals surface area contributed by atoms with E-state index in [0.29, 0.717) is 6.04 Å². The molecule has 78 valence electrons. The van der Waals surface area contributed by atoms with Gasteiger partial charge in [-0.3, -0.25) is 0 Å². The molecule has 1 aromatic heterocycles. The highest BCUT2D eigenvalue weighted by molar-refractivity contribution is 7.12. The van der Waals surface area contributed by atoms with Crippen molar-refractivity contribution in [2.24, 2.45) is 0 Å². The van der Waals surface area contributed by atoms with E-state index in [1.54, 1.807) is 11.3 Å². The minimum atomic E-state index is 0.545. The first-order valence-corrected chi connectivity index (χ1v) is 5.75. The maximum Gasteiger partial charge on any atom is 0.0903 e. The van der Waals surface area contributed by atoms with Crippen molar-refractivity contribution in [3.05, 3.63) is 21.7 Å². The zero-order valence-electron chi connectivity index (χ0n) is 9.29. The van der Waals surface area contributed by atoms with Gasteiger partial charge in [-0.1, -0.05) is 19.9 Å². The second kappa shape index (κ2) is 5.27. The van der Waals surface area contributed by atoms with Gasteiger partial charge in [-0.2, -0.15) is 0 Å². The van der Waals surface area contributed by atoms with Gasteiger partial charge in [0, 0.05) is 17.5 Å². The smallest absolute Gasteiger partial charge is 0.0903 e. The molecule has 0 aliphatic carbocycles.